The van der Waals surface area contributed by atoms with E-state index < -0.39 is 0 Å². The van der Waals surface area contributed by atoms with Gasteiger partial charge in [-0.1, -0.05) is 23.7 Å². The van der Waals surface area contributed by atoms with Gasteiger partial charge in [-0.15, -0.1) is 0 Å². The highest BCUT2D eigenvalue weighted by atomic mass is 35.5. The SMILES string of the molecule is Nc1ccc(NC(=O)NCCCOc2ccccc2Cl)cc1. The molecule has 4 N–H and O–H groups in total. The van der Waals surface area contributed by atoms with Crippen molar-refractivity contribution < 1.29 is 9.53 Å². The first-order valence-corrected chi connectivity index (χ1v) is 7.30. The van der Waals surface area contributed by atoms with Crippen LogP contribution in [-0.2, 0) is 0 Å². The average molecular weight is 320 g/mol. The summed E-state index contributed by atoms with van der Waals surface area (Å²) in [6.07, 6.45) is 0.681. The number of benzene rings is 2. The minimum Gasteiger partial charge on any atom is -0.492 e. The molecule has 2 rings (SSSR count). The maximum absolute atomic E-state index is 11.7. The molecule has 0 saturated carbocycles. The first kappa shape index (κ1) is 16.0. The van der Waals surface area contributed by atoms with E-state index in [0.717, 1.165) is 0 Å². The van der Waals surface area contributed by atoms with E-state index in [1.807, 2.05) is 18.2 Å². The van der Waals surface area contributed by atoms with Crippen molar-refractivity contribution in [2.45, 2.75) is 6.42 Å². The predicted molar refractivity (Wildman–Crippen MR) is 89.4 cm³/mol. The molecule has 0 aromatic heterocycles. The molecule has 2 aromatic rings. The minimum atomic E-state index is -0.262. The van der Waals surface area contributed by atoms with Crippen LogP contribution in [0.1, 0.15) is 6.42 Å². The zero-order valence-corrected chi connectivity index (χ0v) is 12.8. The van der Waals surface area contributed by atoms with E-state index in [2.05, 4.69) is 10.6 Å². The predicted octanol–water partition coefficient (Wildman–Crippen LogP) is 3.51. The third-order valence-electron chi connectivity index (χ3n) is 2.87. The van der Waals surface area contributed by atoms with E-state index in [-0.39, 0.29) is 6.03 Å². The Morgan fingerprint density at radius 1 is 1.14 bits per heavy atom. The Morgan fingerprint density at radius 3 is 2.59 bits per heavy atom. The van der Waals surface area contributed by atoms with E-state index in [1.54, 1.807) is 30.3 Å². The Morgan fingerprint density at radius 2 is 1.86 bits per heavy atom. The standard InChI is InChI=1S/C16H18ClN3O2/c17-14-4-1-2-5-15(14)22-11-3-10-19-16(21)20-13-8-6-12(18)7-9-13/h1-2,4-9H,3,10-11,18H2,(H2,19,20,21). The van der Waals surface area contributed by atoms with Crippen LogP contribution in [0.15, 0.2) is 48.5 Å². The topological polar surface area (TPSA) is 76.4 Å². The van der Waals surface area contributed by atoms with Crippen molar-refractivity contribution in [3.63, 3.8) is 0 Å². The fourth-order valence-corrected chi connectivity index (χ4v) is 1.95. The Bertz CT molecular complexity index is 617. The Balaban J connectivity index is 1.63. The fraction of sp³-hybridized carbons (Fsp3) is 0.188. The minimum absolute atomic E-state index is 0.262. The molecule has 0 aliphatic carbocycles. The highest BCUT2D eigenvalue weighted by Gasteiger charge is 2.02. The van der Waals surface area contributed by atoms with Crippen molar-refractivity contribution in [3.05, 3.63) is 53.6 Å². The van der Waals surface area contributed by atoms with Gasteiger partial charge in [0, 0.05) is 17.9 Å². The molecule has 0 saturated heterocycles. The van der Waals surface area contributed by atoms with Crippen LogP contribution < -0.4 is 21.1 Å². The van der Waals surface area contributed by atoms with Crippen molar-refractivity contribution in [3.8, 4) is 5.75 Å². The molecule has 116 valence electrons. The van der Waals surface area contributed by atoms with Gasteiger partial charge in [-0.2, -0.15) is 0 Å². The molecule has 2 aromatic carbocycles. The van der Waals surface area contributed by atoms with Gasteiger partial charge in [0.05, 0.1) is 11.6 Å². The molecule has 0 aliphatic heterocycles. The number of hydrogen-bond acceptors (Lipinski definition) is 3. The zero-order chi connectivity index (χ0) is 15.8. The third kappa shape index (κ3) is 5.18. The second-order valence-corrected chi connectivity index (χ2v) is 5.04. The van der Waals surface area contributed by atoms with Gasteiger partial charge >= 0.3 is 6.03 Å². The van der Waals surface area contributed by atoms with Gasteiger partial charge in [0.25, 0.3) is 0 Å². The number of hydrogen-bond donors (Lipinski definition) is 3. The highest BCUT2D eigenvalue weighted by Crippen LogP contribution is 2.22. The van der Waals surface area contributed by atoms with Crippen molar-refractivity contribution in [2.24, 2.45) is 0 Å². The lowest BCUT2D eigenvalue weighted by Crippen LogP contribution is -2.30. The van der Waals surface area contributed by atoms with Crippen molar-refractivity contribution in [1.82, 2.24) is 5.32 Å². The molecule has 0 heterocycles. The molecule has 6 heteroatoms. The Hall–Kier alpha value is -2.40. The van der Waals surface area contributed by atoms with Gasteiger partial charge in [0.15, 0.2) is 0 Å². The molecule has 0 aliphatic rings. The smallest absolute Gasteiger partial charge is 0.319 e. The lowest BCUT2D eigenvalue weighted by atomic mass is 10.3. The number of urea groups is 1. The normalized spacial score (nSPS) is 10.0. The van der Waals surface area contributed by atoms with Crippen LogP contribution in [0.3, 0.4) is 0 Å². The van der Waals surface area contributed by atoms with Crippen LogP contribution in [0, 0.1) is 0 Å². The number of para-hydroxylation sites is 1. The first-order chi connectivity index (χ1) is 10.6. The maximum Gasteiger partial charge on any atom is 0.319 e. The largest absolute Gasteiger partial charge is 0.492 e. The lowest BCUT2D eigenvalue weighted by molar-refractivity contribution is 0.250. The number of nitrogens with one attached hydrogen (secondary N) is 2. The van der Waals surface area contributed by atoms with Crippen LogP contribution in [0.2, 0.25) is 5.02 Å². The quantitative estimate of drug-likeness (QED) is 0.563. The molecular weight excluding hydrogens is 302 g/mol. The molecule has 0 fully saturated rings. The van der Waals surface area contributed by atoms with Crippen LogP contribution >= 0.6 is 11.6 Å². The Labute approximate surface area is 134 Å². The van der Waals surface area contributed by atoms with Crippen molar-refractivity contribution >= 4 is 29.0 Å². The number of nitrogen functional groups attached to an aromatic ring is 1. The molecular formula is C16H18ClN3O2. The zero-order valence-electron chi connectivity index (χ0n) is 12.0. The van der Waals surface area contributed by atoms with E-state index in [4.69, 9.17) is 22.1 Å². The van der Waals surface area contributed by atoms with E-state index >= 15 is 0 Å². The van der Waals surface area contributed by atoms with Crippen molar-refractivity contribution in [1.29, 1.82) is 0 Å². The highest BCUT2D eigenvalue weighted by molar-refractivity contribution is 6.32. The van der Waals surface area contributed by atoms with Gasteiger partial charge in [0.2, 0.25) is 0 Å². The van der Waals surface area contributed by atoms with E-state index in [9.17, 15) is 4.79 Å². The number of halogens is 1. The summed E-state index contributed by atoms with van der Waals surface area (Å²) >= 11 is 5.98. The second-order valence-electron chi connectivity index (χ2n) is 4.64. The second kappa shape index (κ2) is 8.14. The molecule has 5 nitrogen and oxygen atoms in total. The summed E-state index contributed by atoms with van der Waals surface area (Å²) in [5.41, 5.74) is 6.93. The van der Waals surface area contributed by atoms with Gasteiger partial charge in [-0.3, -0.25) is 0 Å². The number of rotatable bonds is 6. The molecule has 22 heavy (non-hydrogen) atoms. The van der Waals surface area contributed by atoms with E-state index in [1.165, 1.54) is 0 Å². The maximum atomic E-state index is 11.7. The summed E-state index contributed by atoms with van der Waals surface area (Å²) in [5.74, 6) is 0.649. The fourth-order valence-electron chi connectivity index (χ4n) is 1.76. The van der Waals surface area contributed by atoms with Crippen molar-refractivity contribution in [2.75, 3.05) is 24.2 Å². The summed E-state index contributed by atoms with van der Waals surface area (Å²) in [5, 5.41) is 6.05. The van der Waals surface area contributed by atoms with Crippen LogP contribution in [0.25, 0.3) is 0 Å². The molecule has 2 amide bonds. The molecule has 0 spiro atoms. The van der Waals surface area contributed by atoms with E-state index in [0.29, 0.717) is 41.7 Å². The van der Waals surface area contributed by atoms with Gasteiger partial charge in [-0.25, -0.2) is 4.79 Å². The third-order valence-corrected chi connectivity index (χ3v) is 3.18. The summed E-state index contributed by atoms with van der Waals surface area (Å²) in [4.78, 5) is 11.7. The number of amides is 2. The molecule has 0 unspecified atom stereocenters. The summed E-state index contributed by atoms with van der Waals surface area (Å²) in [7, 11) is 0. The van der Waals surface area contributed by atoms with Gasteiger partial charge in [-0.05, 0) is 42.8 Å². The van der Waals surface area contributed by atoms with Gasteiger partial charge in [0.1, 0.15) is 5.75 Å². The number of anilines is 2. The lowest BCUT2D eigenvalue weighted by Gasteiger charge is -2.09. The molecule has 0 radical (unpaired) electrons. The number of carbonyl (C=O) groups excluding carboxylic acids is 1. The Kier molecular flexibility index (Phi) is 5.91. The van der Waals surface area contributed by atoms with Crippen LogP contribution in [-0.4, -0.2) is 19.2 Å². The summed E-state index contributed by atoms with van der Waals surface area (Å²) in [6, 6.07) is 14.0. The van der Waals surface area contributed by atoms with Crippen LogP contribution in [0.4, 0.5) is 16.2 Å². The molecule has 0 bridgehead atoms. The van der Waals surface area contributed by atoms with Gasteiger partial charge < -0.3 is 21.1 Å². The van der Waals surface area contributed by atoms with Crippen LogP contribution in [0.5, 0.6) is 5.75 Å². The number of ether oxygens (including phenoxy) is 1. The number of nitrogens with two attached hydrogens (primary N) is 1. The number of carbonyl (C=O) groups is 1. The summed E-state index contributed by atoms with van der Waals surface area (Å²) in [6.45, 7) is 0.983. The monoisotopic (exact) mass is 319 g/mol. The first-order valence-electron chi connectivity index (χ1n) is 6.93. The average Bonchev–Trinajstić information content (AvgIpc) is 2.51. The summed E-state index contributed by atoms with van der Waals surface area (Å²) < 4.78 is 5.53. The molecule has 0 atom stereocenters.